The number of hydrogen-bond acceptors (Lipinski definition) is 7. The Morgan fingerprint density at radius 3 is 2.03 bits per heavy atom. The highest BCUT2D eigenvalue weighted by Gasteiger charge is 2.37. The summed E-state index contributed by atoms with van der Waals surface area (Å²) in [6.07, 6.45) is 1.88. The van der Waals surface area contributed by atoms with Crippen LogP contribution in [0.2, 0.25) is 0 Å². The Kier molecular flexibility index (Phi) is 11.4. The average molecular weight is 498 g/mol. The van der Waals surface area contributed by atoms with Gasteiger partial charge in [-0.3, -0.25) is 0 Å². The molecule has 1 aliphatic heterocycles. The molecule has 0 bridgehead atoms. The third kappa shape index (κ3) is 8.95. The maximum Gasteiger partial charge on any atom is 0.673 e. The van der Waals surface area contributed by atoms with E-state index in [1.54, 1.807) is 33.1 Å². The van der Waals surface area contributed by atoms with Gasteiger partial charge < -0.3 is 36.4 Å². The standard InChI is InChI=1S/C19H27N2O4S2.BF4/c1-7-26-19-21(9-8-20(2)3)18(22)16(27-19)12-13-10-14(23-4)17(25-6)15(11-13)24-5;2-1(3,4)5/h10-12H,7-9H2,1-6H3;/q+1;-1/b16-12-;. The minimum absolute atomic E-state index is 0.0338. The molecule has 1 heterocycles. The van der Waals surface area contributed by atoms with E-state index in [1.807, 2.05) is 36.9 Å². The fourth-order valence-corrected chi connectivity index (χ4v) is 4.86. The highest BCUT2D eigenvalue weighted by molar-refractivity contribution is 8.40. The van der Waals surface area contributed by atoms with Gasteiger partial charge in [0.25, 0.3) is 4.38 Å². The van der Waals surface area contributed by atoms with Crippen LogP contribution < -0.4 is 14.2 Å². The molecule has 0 saturated carbocycles. The summed E-state index contributed by atoms with van der Waals surface area (Å²) in [7, 11) is 2.74. The number of likely N-dealkylation sites (N-methyl/N-ethyl adjacent to an activating group) is 1. The van der Waals surface area contributed by atoms with Gasteiger partial charge in [0.15, 0.2) is 18.0 Å². The minimum atomic E-state index is -6.00. The van der Waals surface area contributed by atoms with Crippen molar-refractivity contribution in [2.45, 2.75) is 6.92 Å². The smallest absolute Gasteiger partial charge is 0.493 e. The van der Waals surface area contributed by atoms with E-state index >= 15 is 0 Å². The number of carbonyl (C=O) groups excluding carboxylic acids is 1. The van der Waals surface area contributed by atoms with E-state index in [9.17, 15) is 22.1 Å². The summed E-state index contributed by atoms with van der Waals surface area (Å²) in [6.45, 7) is 3.58. The molecule has 0 aromatic heterocycles. The lowest BCUT2D eigenvalue weighted by atomic mass is 10.1. The van der Waals surface area contributed by atoms with Gasteiger partial charge in [0.1, 0.15) is 4.91 Å². The zero-order valence-electron chi connectivity index (χ0n) is 18.8. The summed E-state index contributed by atoms with van der Waals surface area (Å²) in [5, 5.41) is 0. The largest absolute Gasteiger partial charge is 0.673 e. The van der Waals surface area contributed by atoms with E-state index < -0.39 is 7.25 Å². The Balaban J connectivity index is 0.000000920. The molecule has 0 aliphatic carbocycles. The topological polar surface area (TPSA) is 51.0 Å². The van der Waals surface area contributed by atoms with Crippen molar-refractivity contribution in [1.29, 1.82) is 0 Å². The van der Waals surface area contributed by atoms with Crippen molar-refractivity contribution in [3.8, 4) is 17.2 Å². The van der Waals surface area contributed by atoms with Gasteiger partial charge in [-0.05, 0) is 61.4 Å². The molecule has 180 valence electrons. The number of nitrogens with zero attached hydrogens (tertiary/aromatic N) is 2. The predicted octanol–water partition coefficient (Wildman–Crippen LogP) is 4.31. The third-order valence-corrected chi connectivity index (χ3v) is 6.16. The molecule has 0 fully saturated rings. The predicted molar refractivity (Wildman–Crippen MR) is 124 cm³/mol. The molecule has 1 amide bonds. The van der Waals surface area contributed by atoms with E-state index in [2.05, 4.69) is 11.8 Å². The third-order valence-electron chi connectivity index (χ3n) is 3.90. The van der Waals surface area contributed by atoms with Crippen LogP contribution in [0, 0.1) is 0 Å². The van der Waals surface area contributed by atoms with Gasteiger partial charge in [-0.2, -0.15) is 0 Å². The average Bonchev–Trinajstić information content (AvgIpc) is 2.98. The van der Waals surface area contributed by atoms with E-state index in [4.69, 9.17) is 14.2 Å². The summed E-state index contributed by atoms with van der Waals surface area (Å²) >= 11 is 3.21. The summed E-state index contributed by atoms with van der Waals surface area (Å²) in [4.78, 5) is 15.7. The highest BCUT2D eigenvalue weighted by atomic mass is 32.2. The maximum atomic E-state index is 12.9. The second-order valence-corrected chi connectivity index (χ2v) is 9.06. The van der Waals surface area contributed by atoms with Crippen LogP contribution in [0.5, 0.6) is 17.2 Å². The molecule has 6 nitrogen and oxygen atoms in total. The highest BCUT2D eigenvalue weighted by Crippen LogP contribution is 2.40. The number of halogens is 4. The molecule has 1 aromatic carbocycles. The van der Waals surface area contributed by atoms with Crippen LogP contribution in [-0.2, 0) is 4.79 Å². The van der Waals surface area contributed by atoms with E-state index in [1.165, 1.54) is 11.8 Å². The Hall–Kier alpha value is -1.86. The fraction of sp³-hybridized carbons (Fsp3) is 0.474. The first-order valence-electron chi connectivity index (χ1n) is 9.48. The molecule has 1 aromatic rings. The van der Waals surface area contributed by atoms with Crippen molar-refractivity contribution in [2.75, 3.05) is 54.3 Å². The van der Waals surface area contributed by atoms with Crippen molar-refractivity contribution in [3.05, 3.63) is 22.6 Å². The van der Waals surface area contributed by atoms with Gasteiger partial charge in [-0.25, -0.2) is 4.79 Å². The normalized spacial score (nSPS) is 15.2. The first-order valence-corrected chi connectivity index (χ1v) is 11.3. The SMILES string of the molecule is CCSC1=[N+](CCN(C)C)C(=O)/C(=C/c2cc(OC)c(OC)c(OC)c2)S1.F[B-](F)(F)F. The first kappa shape index (κ1) is 28.2. The lowest BCUT2D eigenvalue weighted by molar-refractivity contribution is -0.437. The number of amides is 1. The van der Waals surface area contributed by atoms with Crippen molar-refractivity contribution in [2.24, 2.45) is 0 Å². The van der Waals surface area contributed by atoms with Gasteiger partial charge in [0.2, 0.25) is 5.75 Å². The lowest BCUT2D eigenvalue weighted by Gasteiger charge is -2.12. The van der Waals surface area contributed by atoms with Crippen LogP contribution in [0.25, 0.3) is 6.08 Å². The number of thioether (sulfide) groups is 2. The number of hydrogen-bond donors (Lipinski definition) is 0. The number of benzene rings is 1. The molecule has 13 heteroatoms. The van der Waals surface area contributed by atoms with Gasteiger partial charge in [0, 0.05) is 5.75 Å². The number of rotatable bonds is 8. The monoisotopic (exact) mass is 498 g/mol. The summed E-state index contributed by atoms with van der Waals surface area (Å²) in [5.41, 5.74) is 0.829. The lowest BCUT2D eigenvalue weighted by Crippen LogP contribution is -2.28. The van der Waals surface area contributed by atoms with Crippen molar-refractivity contribution >= 4 is 47.1 Å². The van der Waals surface area contributed by atoms with Gasteiger partial charge in [-0.15, -0.1) is 4.58 Å². The second kappa shape index (κ2) is 13.0. The molecule has 0 saturated heterocycles. The van der Waals surface area contributed by atoms with E-state index in [0.29, 0.717) is 28.7 Å². The molecule has 0 unspecified atom stereocenters. The van der Waals surface area contributed by atoms with Gasteiger partial charge >= 0.3 is 13.2 Å². The Bertz CT molecular complexity index is 833. The molecule has 0 spiro atoms. The quantitative estimate of drug-likeness (QED) is 0.229. The molecule has 1 aliphatic rings. The summed E-state index contributed by atoms with van der Waals surface area (Å²) in [5.74, 6) is 2.62. The van der Waals surface area contributed by atoms with Crippen molar-refractivity contribution in [3.63, 3.8) is 0 Å². The van der Waals surface area contributed by atoms with Crippen molar-refractivity contribution in [1.82, 2.24) is 4.90 Å². The molecule has 32 heavy (non-hydrogen) atoms. The molecular weight excluding hydrogens is 471 g/mol. The zero-order valence-corrected chi connectivity index (χ0v) is 20.4. The Morgan fingerprint density at radius 2 is 1.62 bits per heavy atom. The number of ether oxygens (including phenoxy) is 3. The van der Waals surface area contributed by atoms with Crippen LogP contribution in [0.15, 0.2) is 17.0 Å². The van der Waals surface area contributed by atoms with Crippen LogP contribution in [-0.4, -0.2) is 81.3 Å². The van der Waals surface area contributed by atoms with Crippen molar-refractivity contribution < 1.29 is 40.8 Å². The maximum absolute atomic E-state index is 12.9. The first-order chi connectivity index (χ1) is 14.9. The molecule has 2 rings (SSSR count). The summed E-state index contributed by atoms with van der Waals surface area (Å²) < 4.78 is 58.1. The molecule has 0 atom stereocenters. The molecule has 0 N–H and O–H groups in total. The number of methoxy groups -OCH3 is 3. The van der Waals surface area contributed by atoms with Crippen LogP contribution >= 0.6 is 23.5 Å². The van der Waals surface area contributed by atoms with Crippen LogP contribution in [0.1, 0.15) is 12.5 Å². The fourth-order valence-electron chi connectivity index (χ4n) is 2.56. The van der Waals surface area contributed by atoms with Gasteiger partial charge in [-0.1, -0.05) is 6.92 Å². The number of carbonyl (C=O) groups is 1. The molecule has 0 radical (unpaired) electrons. The molecular formula is C19H27BF4N2O4S2. The van der Waals surface area contributed by atoms with Crippen LogP contribution in [0.3, 0.4) is 0 Å². The van der Waals surface area contributed by atoms with E-state index in [0.717, 1.165) is 22.2 Å². The van der Waals surface area contributed by atoms with E-state index in [-0.39, 0.29) is 5.91 Å². The zero-order chi connectivity index (χ0) is 24.5. The van der Waals surface area contributed by atoms with Crippen LogP contribution in [0.4, 0.5) is 17.3 Å². The minimum Gasteiger partial charge on any atom is -0.493 e. The second-order valence-electron chi connectivity index (χ2n) is 6.52. The summed E-state index contributed by atoms with van der Waals surface area (Å²) in [6, 6.07) is 3.69. The Labute approximate surface area is 194 Å². The van der Waals surface area contributed by atoms with Gasteiger partial charge in [0.05, 0.1) is 27.9 Å². The Morgan fingerprint density at radius 1 is 1.09 bits per heavy atom.